The van der Waals surface area contributed by atoms with Gasteiger partial charge in [-0.25, -0.2) is 9.79 Å². The van der Waals surface area contributed by atoms with Gasteiger partial charge in [0.15, 0.2) is 17.6 Å². The van der Waals surface area contributed by atoms with E-state index in [1.54, 1.807) is 4.90 Å². The monoisotopic (exact) mass is 669 g/mol. The minimum atomic E-state index is -4.71. The van der Waals surface area contributed by atoms with Gasteiger partial charge in [0, 0.05) is 25.5 Å². The van der Waals surface area contributed by atoms with Crippen molar-refractivity contribution in [3.8, 4) is 5.75 Å². The number of hydrazine groups is 1. The van der Waals surface area contributed by atoms with Crippen LogP contribution in [0.2, 0.25) is 0 Å². The second-order valence-electron chi connectivity index (χ2n) is 10.9. The minimum Gasteiger partial charge on any atom is -0.406 e. The van der Waals surface area contributed by atoms with Crippen LogP contribution in [0.25, 0.3) is 0 Å². The summed E-state index contributed by atoms with van der Waals surface area (Å²) in [5.41, 5.74) is 7.85. The molecule has 3 amide bonds. The number of aryl methyl sites for hydroxylation is 1. The van der Waals surface area contributed by atoms with E-state index in [1.165, 1.54) is 47.4 Å². The van der Waals surface area contributed by atoms with Gasteiger partial charge in [-0.15, -0.1) is 13.2 Å². The van der Waals surface area contributed by atoms with Crippen LogP contribution in [0.4, 0.5) is 40.7 Å². The number of nitrogens with one attached hydrogen (secondary N) is 2. The fourth-order valence-electron chi connectivity index (χ4n) is 4.46. The quantitative estimate of drug-likeness (QED) is 0.281. The highest BCUT2D eigenvalue weighted by molar-refractivity contribution is 8.15. The molecule has 5 rings (SSSR count). The highest BCUT2D eigenvalue weighted by Gasteiger charge is 2.33. The van der Waals surface area contributed by atoms with Gasteiger partial charge in [-0.1, -0.05) is 37.7 Å². The van der Waals surface area contributed by atoms with E-state index >= 15 is 0 Å². The first-order valence-corrected chi connectivity index (χ1v) is 15.4. The first-order valence-electron chi connectivity index (χ1n) is 14.4. The van der Waals surface area contributed by atoms with Gasteiger partial charge in [0.05, 0.1) is 17.1 Å². The molecule has 0 radical (unpaired) electrons. The number of carbonyl (C=O) groups is 3. The van der Waals surface area contributed by atoms with Crippen molar-refractivity contribution in [2.75, 3.05) is 40.0 Å². The maximum Gasteiger partial charge on any atom is 0.573 e. The van der Waals surface area contributed by atoms with Crippen molar-refractivity contribution in [2.24, 2.45) is 9.98 Å². The SMILES string of the molecule is Cc1ccc(C(C)C)c(N2C(=O)CS/C2=N\C(=O)Nc2ccc(N(C)C)cc2)c1.O=CC1N=CN(c2ccc(OC(F)(F)F)cc2)N1. The predicted octanol–water partition coefficient (Wildman–Crippen LogP) is 6.32. The standard InChI is InChI=1S/C22H26N4O2S.C10H8F3N3O2/c1-14(2)18-11-6-15(3)12-19(18)26-20(27)13-29-22(26)24-21(28)23-16-7-9-17(10-8-16)25(4)5;11-10(12,13)18-8-3-1-7(2-4-8)16-6-14-9(5-17)15-16/h6-12,14H,13H2,1-5H3,(H,23,28);1-6,9,15H/b24-22-;. The van der Waals surface area contributed by atoms with Gasteiger partial charge >= 0.3 is 12.4 Å². The Morgan fingerprint density at radius 3 is 2.38 bits per heavy atom. The topological polar surface area (TPSA) is 119 Å². The molecular formula is C32H34F3N7O4S. The first kappa shape index (κ1) is 35.0. The zero-order valence-electron chi connectivity index (χ0n) is 26.3. The van der Waals surface area contributed by atoms with Gasteiger partial charge in [-0.05, 0) is 78.6 Å². The van der Waals surface area contributed by atoms with Crippen LogP contribution < -0.4 is 30.3 Å². The predicted molar refractivity (Wildman–Crippen MR) is 180 cm³/mol. The fourth-order valence-corrected chi connectivity index (χ4v) is 5.32. The van der Waals surface area contributed by atoms with Crippen LogP contribution in [-0.4, -0.2) is 62.1 Å². The summed E-state index contributed by atoms with van der Waals surface area (Å²) < 4.78 is 39.5. The van der Waals surface area contributed by atoms with Gasteiger partial charge in [-0.2, -0.15) is 10.4 Å². The van der Waals surface area contributed by atoms with Crippen LogP contribution in [-0.2, 0) is 9.59 Å². The van der Waals surface area contributed by atoms with Crippen molar-refractivity contribution < 1.29 is 32.3 Å². The Labute approximate surface area is 274 Å². The third-order valence-corrected chi connectivity index (χ3v) is 7.66. The largest absolute Gasteiger partial charge is 0.573 e. The van der Waals surface area contributed by atoms with Crippen molar-refractivity contribution in [1.29, 1.82) is 0 Å². The highest BCUT2D eigenvalue weighted by atomic mass is 32.2. The normalized spacial score (nSPS) is 16.7. The molecule has 15 heteroatoms. The number of aldehydes is 1. The number of hydrogen-bond donors (Lipinski definition) is 2. The smallest absolute Gasteiger partial charge is 0.406 e. The first-order chi connectivity index (χ1) is 22.2. The number of rotatable bonds is 7. The Morgan fingerprint density at radius 1 is 1.13 bits per heavy atom. The maximum absolute atomic E-state index is 12.6. The number of halogens is 3. The molecule has 1 unspecified atom stereocenters. The second kappa shape index (κ2) is 15.1. The van der Waals surface area contributed by atoms with Crippen molar-refractivity contribution in [3.05, 3.63) is 77.9 Å². The minimum absolute atomic E-state index is 0.0654. The molecule has 0 saturated carbocycles. The Kier molecular flexibility index (Phi) is 11.3. The Balaban J connectivity index is 0.000000238. The highest BCUT2D eigenvalue weighted by Crippen LogP contribution is 2.34. The molecule has 1 fully saturated rings. The zero-order chi connectivity index (χ0) is 34.3. The third-order valence-electron chi connectivity index (χ3n) is 6.74. The number of amides is 3. The summed E-state index contributed by atoms with van der Waals surface area (Å²) in [5, 5.41) is 4.61. The van der Waals surface area contributed by atoms with Gasteiger partial charge in [-0.3, -0.25) is 19.5 Å². The van der Waals surface area contributed by atoms with Crippen molar-refractivity contribution in [3.63, 3.8) is 0 Å². The number of aliphatic imine (C=N–C) groups is 2. The number of amidine groups is 1. The number of anilines is 4. The van der Waals surface area contributed by atoms with Crippen LogP contribution >= 0.6 is 11.8 Å². The second-order valence-corrected chi connectivity index (χ2v) is 11.8. The van der Waals surface area contributed by atoms with Gasteiger partial charge in [0.1, 0.15) is 12.1 Å². The number of benzene rings is 3. The summed E-state index contributed by atoms with van der Waals surface area (Å²) in [6.07, 6.45) is -3.40. The molecule has 11 nitrogen and oxygen atoms in total. The lowest BCUT2D eigenvalue weighted by molar-refractivity contribution is -0.274. The number of thioether (sulfide) groups is 1. The number of nitrogens with zero attached hydrogens (tertiary/aromatic N) is 5. The van der Waals surface area contributed by atoms with Gasteiger partial charge in [0.25, 0.3) is 0 Å². The molecule has 1 saturated heterocycles. The van der Waals surface area contributed by atoms with E-state index in [2.05, 4.69) is 39.3 Å². The number of alkyl halides is 3. The molecule has 0 spiro atoms. The maximum atomic E-state index is 12.6. The molecule has 3 aromatic rings. The molecule has 2 aliphatic rings. The molecule has 2 aliphatic heterocycles. The van der Waals surface area contributed by atoms with Crippen LogP contribution in [0.5, 0.6) is 5.75 Å². The molecular weight excluding hydrogens is 635 g/mol. The molecule has 47 heavy (non-hydrogen) atoms. The lowest BCUT2D eigenvalue weighted by atomic mass is 9.99. The average molecular weight is 670 g/mol. The fraction of sp³-hybridized carbons (Fsp3) is 0.281. The molecule has 2 heterocycles. The van der Waals surface area contributed by atoms with Crippen LogP contribution in [0.1, 0.15) is 30.9 Å². The number of ether oxygens (including phenoxy) is 1. The van der Waals surface area contributed by atoms with Crippen molar-refractivity contribution >= 4 is 64.2 Å². The lowest BCUT2D eigenvalue weighted by Crippen LogP contribution is -2.37. The number of urea groups is 1. The van der Waals surface area contributed by atoms with Crippen molar-refractivity contribution in [2.45, 2.75) is 39.2 Å². The van der Waals surface area contributed by atoms with Crippen LogP contribution in [0.3, 0.4) is 0 Å². The third kappa shape index (κ3) is 9.56. The van der Waals surface area contributed by atoms with E-state index in [0.29, 0.717) is 22.8 Å². The molecule has 2 N–H and O–H groups in total. The van der Waals surface area contributed by atoms with Gasteiger partial charge in [0.2, 0.25) is 5.91 Å². The number of hydrogen-bond acceptors (Lipinski definition) is 9. The number of carbonyl (C=O) groups excluding carboxylic acids is 3. The van der Waals surface area contributed by atoms with E-state index in [4.69, 9.17) is 0 Å². The Morgan fingerprint density at radius 2 is 1.81 bits per heavy atom. The van der Waals surface area contributed by atoms with E-state index in [1.807, 2.05) is 68.4 Å². The molecule has 0 aromatic heterocycles. The molecule has 0 aliphatic carbocycles. The summed E-state index contributed by atoms with van der Waals surface area (Å²) >= 11 is 1.28. The lowest BCUT2D eigenvalue weighted by Gasteiger charge is -2.22. The molecule has 248 valence electrons. The molecule has 1 atom stereocenters. The van der Waals surface area contributed by atoms with E-state index < -0.39 is 18.6 Å². The summed E-state index contributed by atoms with van der Waals surface area (Å²) in [5.74, 6) is 0.141. The van der Waals surface area contributed by atoms with Crippen LogP contribution in [0, 0.1) is 6.92 Å². The van der Waals surface area contributed by atoms with E-state index in [9.17, 15) is 27.6 Å². The Bertz CT molecular complexity index is 1650. The summed E-state index contributed by atoms with van der Waals surface area (Å²) in [4.78, 5) is 47.1. The van der Waals surface area contributed by atoms with E-state index in [-0.39, 0.29) is 23.3 Å². The zero-order valence-corrected chi connectivity index (χ0v) is 27.1. The molecule has 3 aromatic carbocycles. The summed E-state index contributed by atoms with van der Waals surface area (Å²) in [6, 6.07) is 18.2. The van der Waals surface area contributed by atoms with Crippen LogP contribution in [0.15, 0.2) is 76.7 Å². The van der Waals surface area contributed by atoms with E-state index in [0.717, 1.165) is 22.5 Å². The average Bonchev–Trinajstić information content (AvgIpc) is 3.63. The molecule has 0 bridgehead atoms. The summed E-state index contributed by atoms with van der Waals surface area (Å²) in [6.45, 7) is 6.16. The van der Waals surface area contributed by atoms with Crippen molar-refractivity contribution in [1.82, 2.24) is 5.43 Å². The summed E-state index contributed by atoms with van der Waals surface area (Å²) in [7, 11) is 3.92. The van der Waals surface area contributed by atoms with Gasteiger partial charge < -0.3 is 15.0 Å². The Hall–Kier alpha value is -4.89.